The Balaban J connectivity index is 2.03. The van der Waals surface area contributed by atoms with Gasteiger partial charge in [-0.15, -0.1) is 11.3 Å². The topological polar surface area (TPSA) is 34.1 Å². The summed E-state index contributed by atoms with van der Waals surface area (Å²) in [5.41, 5.74) is 3.01. The maximum atomic E-state index is 13.0. The average molecular weight is 316 g/mol. The van der Waals surface area contributed by atoms with E-state index in [0.717, 1.165) is 16.0 Å². The predicted molar refractivity (Wildman–Crippen MR) is 92.8 cm³/mol. The van der Waals surface area contributed by atoms with Crippen LogP contribution in [0.15, 0.2) is 71.6 Å². The van der Waals surface area contributed by atoms with E-state index >= 15 is 0 Å². The zero-order valence-electron chi connectivity index (χ0n) is 12.2. The number of fused-ring (bicyclic) bond motifs is 3. The molecule has 1 aliphatic rings. The van der Waals surface area contributed by atoms with E-state index in [1.165, 1.54) is 11.3 Å². The standard InChI is InChI=1S/C20H12O2S/c21-19-16-9-3-1-7-14(16)15-8-2-4-10-17(15)20(22)18(19)12-13-6-5-11-23-13/h1-12H. The lowest BCUT2D eigenvalue weighted by molar-refractivity contribution is 0.0967. The van der Waals surface area contributed by atoms with Crippen molar-refractivity contribution in [3.63, 3.8) is 0 Å². The molecule has 0 N–H and O–H groups in total. The molecule has 0 radical (unpaired) electrons. The SMILES string of the molecule is O=C1C(=Cc2cccs2)C(=O)c2ccccc2-c2ccccc21. The van der Waals surface area contributed by atoms with Gasteiger partial charge in [-0.2, -0.15) is 0 Å². The van der Waals surface area contributed by atoms with E-state index in [9.17, 15) is 9.59 Å². The lowest BCUT2D eigenvalue weighted by Crippen LogP contribution is -2.11. The molecule has 2 nitrogen and oxygen atoms in total. The van der Waals surface area contributed by atoms with E-state index < -0.39 is 0 Å². The molecule has 110 valence electrons. The zero-order valence-corrected chi connectivity index (χ0v) is 13.0. The van der Waals surface area contributed by atoms with Crippen LogP contribution in [-0.4, -0.2) is 11.6 Å². The first-order valence-electron chi connectivity index (χ1n) is 7.29. The van der Waals surface area contributed by atoms with Crippen molar-refractivity contribution in [1.29, 1.82) is 0 Å². The third kappa shape index (κ3) is 2.26. The van der Waals surface area contributed by atoms with E-state index in [-0.39, 0.29) is 17.1 Å². The molecule has 4 rings (SSSR count). The highest BCUT2D eigenvalue weighted by atomic mass is 32.1. The van der Waals surface area contributed by atoms with Gasteiger partial charge in [-0.25, -0.2) is 0 Å². The minimum absolute atomic E-state index is 0.213. The number of hydrogen-bond donors (Lipinski definition) is 0. The van der Waals surface area contributed by atoms with Crippen LogP contribution < -0.4 is 0 Å². The molecule has 0 atom stereocenters. The van der Waals surface area contributed by atoms with Gasteiger partial charge in [-0.05, 0) is 28.6 Å². The van der Waals surface area contributed by atoms with Gasteiger partial charge in [0.25, 0.3) is 0 Å². The van der Waals surface area contributed by atoms with Crippen LogP contribution in [0, 0.1) is 0 Å². The molecule has 0 fully saturated rings. The van der Waals surface area contributed by atoms with Crippen LogP contribution in [0.5, 0.6) is 0 Å². The Morgan fingerprint density at radius 2 is 1.17 bits per heavy atom. The second-order valence-corrected chi connectivity index (χ2v) is 6.30. The van der Waals surface area contributed by atoms with E-state index in [4.69, 9.17) is 0 Å². The quantitative estimate of drug-likeness (QED) is 0.474. The fourth-order valence-corrected chi connectivity index (χ4v) is 3.53. The molecule has 0 saturated heterocycles. The highest BCUT2D eigenvalue weighted by Gasteiger charge is 2.29. The number of ketones is 2. The van der Waals surface area contributed by atoms with Gasteiger partial charge in [0.2, 0.25) is 0 Å². The van der Waals surface area contributed by atoms with E-state index in [1.807, 2.05) is 53.9 Å². The second-order valence-electron chi connectivity index (χ2n) is 5.32. The van der Waals surface area contributed by atoms with Gasteiger partial charge < -0.3 is 0 Å². The molecule has 2 aromatic carbocycles. The summed E-state index contributed by atoms with van der Waals surface area (Å²) >= 11 is 1.51. The van der Waals surface area contributed by atoms with Crippen LogP contribution in [0.2, 0.25) is 0 Å². The van der Waals surface area contributed by atoms with Crippen LogP contribution in [0.3, 0.4) is 0 Å². The summed E-state index contributed by atoms with van der Waals surface area (Å²) in [7, 11) is 0. The normalized spacial score (nSPS) is 13.3. The highest BCUT2D eigenvalue weighted by Crippen LogP contribution is 2.34. The van der Waals surface area contributed by atoms with Gasteiger partial charge in [-0.1, -0.05) is 54.6 Å². The Kier molecular flexibility index (Phi) is 3.28. The molecule has 0 aliphatic heterocycles. The highest BCUT2D eigenvalue weighted by molar-refractivity contribution is 7.10. The molecular formula is C20H12O2S. The van der Waals surface area contributed by atoms with Gasteiger partial charge >= 0.3 is 0 Å². The van der Waals surface area contributed by atoms with Gasteiger partial charge in [0.1, 0.15) is 0 Å². The molecule has 0 amide bonds. The molecular weight excluding hydrogens is 304 g/mol. The number of carbonyl (C=O) groups is 2. The number of rotatable bonds is 1. The monoisotopic (exact) mass is 316 g/mol. The van der Waals surface area contributed by atoms with Crippen molar-refractivity contribution in [2.75, 3.05) is 0 Å². The number of allylic oxidation sites excluding steroid dienone is 1. The maximum absolute atomic E-state index is 13.0. The van der Waals surface area contributed by atoms with Crippen LogP contribution in [0.25, 0.3) is 17.2 Å². The fraction of sp³-hybridized carbons (Fsp3) is 0. The molecule has 1 aliphatic carbocycles. The van der Waals surface area contributed by atoms with Crippen LogP contribution in [-0.2, 0) is 0 Å². The first-order chi connectivity index (χ1) is 11.3. The Labute approximate surface area is 137 Å². The van der Waals surface area contributed by atoms with Crippen molar-refractivity contribution >= 4 is 29.0 Å². The summed E-state index contributed by atoms with van der Waals surface area (Å²) in [5.74, 6) is -0.426. The minimum Gasteiger partial charge on any atom is -0.288 e. The van der Waals surface area contributed by atoms with Crippen LogP contribution in [0.1, 0.15) is 25.6 Å². The number of carbonyl (C=O) groups excluding carboxylic acids is 2. The molecule has 3 aromatic rings. The number of thiophene rings is 1. The number of Topliss-reactive ketones (excluding diaryl/α,β-unsaturated/α-hetero) is 2. The Hall–Kier alpha value is -2.78. The van der Waals surface area contributed by atoms with Crippen molar-refractivity contribution in [2.45, 2.75) is 0 Å². The summed E-state index contributed by atoms with van der Waals surface area (Å²) in [4.78, 5) is 26.8. The molecule has 0 spiro atoms. The Bertz CT molecular complexity index is 890. The van der Waals surface area contributed by atoms with Crippen LogP contribution in [0.4, 0.5) is 0 Å². The zero-order chi connectivity index (χ0) is 15.8. The van der Waals surface area contributed by atoms with Gasteiger partial charge in [0, 0.05) is 16.0 Å². The molecule has 0 bridgehead atoms. The predicted octanol–water partition coefficient (Wildman–Crippen LogP) is 4.88. The molecule has 3 heteroatoms. The largest absolute Gasteiger partial charge is 0.288 e. The Morgan fingerprint density at radius 1 is 0.652 bits per heavy atom. The van der Waals surface area contributed by atoms with Gasteiger partial charge in [0.05, 0.1) is 5.57 Å². The lowest BCUT2D eigenvalue weighted by Gasteiger charge is -2.06. The molecule has 1 heterocycles. The van der Waals surface area contributed by atoms with E-state index in [0.29, 0.717) is 11.1 Å². The summed E-state index contributed by atoms with van der Waals surface area (Å²) < 4.78 is 0. The smallest absolute Gasteiger partial charge is 0.197 e. The van der Waals surface area contributed by atoms with Gasteiger partial charge in [-0.3, -0.25) is 9.59 Å². The van der Waals surface area contributed by atoms with Crippen LogP contribution >= 0.6 is 11.3 Å². The lowest BCUT2D eigenvalue weighted by atomic mass is 9.96. The van der Waals surface area contributed by atoms with Crippen molar-refractivity contribution < 1.29 is 9.59 Å². The molecule has 23 heavy (non-hydrogen) atoms. The maximum Gasteiger partial charge on any atom is 0.197 e. The van der Waals surface area contributed by atoms with Crippen molar-refractivity contribution in [2.24, 2.45) is 0 Å². The third-order valence-electron chi connectivity index (χ3n) is 3.95. The summed E-state index contributed by atoms with van der Waals surface area (Å²) in [6.07, 6.45) is 1.70. The fourth-order valence-electron chi connectivity index (χ4n) is 2.87. The number of benzene rings is 2. The molecule has 0 unspecified atom stereocenters. The summed E-state index contributed by atoms with van der Waals surface area (Å²) in [5, 5.41) is 1.93. The third-order valence-corrected chi connectivity index (χ3v) is 4.77. The summed E-state index contributed by atoms with van der Waals surface area (Å²) in [6, 6.07) is 18.6. The Morgan fingerprint density at radius 3 is 1.65 bits per heavy atom. The van der Waals surface area contributed by atoms with Gasteiger partial charge in [0.15, 0.2) is 11.6 Å². The van der Waals surface area contributed by atoms with Crippen molar-refractivity contribution in [1.82, 2.24) is 0 Å². The molecule has 1 aromatic heterocycles. The second kappa shape index (κ2) is 5.45. The minimum atomic E-state index is -0.213. The van der Waals surface area contributed by atoms with E-state index in [1.54, 1.807) is 18.2 Å². The van der Waals surface area contributed by atoms with Crippen molar-refractivity contribution in [3.05, 3.63) is 87.6 Å². The summed E-state index contributed by atoms with van der Waals surface area (Å²) in [6.45, 7) is 0. The first kappa shape index (κ1) is 13.9. The van der Waals surface area contributed by atoms with Crippen molar-refractivity contribution in [3.8, 4) is 11.1 Å². The number of hydrogen-bond acceptors (Lipinski definition) is 3. The molecule has 0 saturated carbocycles. The average Bonchev–Trinajstić information content (AvgIpc) is 3.09. The van der Waals surface area contributed by atoms with E-state index in [2.05, 4.69) is 0 Å². The first-order valence-corrected chi connectivity index (χ1v) is 8.17.